The SMILES string of the molecule is CCOc1cc2c(Nc3cnn(C4CCCCO4)c3)nc(Cl)nc2cc1C. The van der Waals surface area contributed by atoms with E-state index in [0.717, 1.165) is 53.8 Å². The number of ether oxygens (including phenoxy) is 2. The molecule has 0 spiro atoms. The van der Waals surface area contributed by atoms with Crippen molar-refractivity contribution in [2.45, 2.75) is 39.3 Å². The van der Waals surface area contributed by atoms with Gasteiger partial charge in [0.1, 0.15) is 17.8 Å². The van der Waals surface area contributed by atoms with Crippen LogP contribution in [-0.4, -0.2) is 33.0 Å². The van der Waals surface area contributed by atoms with E-state index in [-0.39, 0.29) is 11.5 Å². The van der Waals surface area contributed by atoms with Crippen LogP contribution in [0.1, 0.15) is 38.0 Å². The maximum Gasteiger partial charge on any atom is 0.224 e. The zero-order valence-electron chi connectivity index (χ0n) is 15.4. The molecule has 7 nitrogen and oxygen atoms in total. The molecular formula is C19H22ClN5O2. The Labute approximate surface area is 162 Å². The minimum absolute atomic E-state index is 0.00719. The van der Waals surface area contributed by atoms with Gasteiger partial charge < -0.3 is 14.8 Å². The average Bonchev–Trinajstić information content (AvgIpc) is 3.12. The Kier molecular flexibility index (Phi) is 5.13. The second kappa shape index (κ2) is 7.70. The molecule has 1 N–H and O–H groups in total. The van der Waals surface area contributed by atoms with Gasteiger partial charge in [0, 0.05) is 12.0 Å². The first-order valence-electron chi connectivity index (χ1n) is 9.17. The fourth-order valence-electron chi connectivity index (χ4n) is 3.27. The van der Waals surface area contributed by atoms with Crippen LogP contribution in [0.25, 0.3) is 10.9 Å². The van der Waals surface area contributed by atoms with Crippen LogP contribution in [-0.2, 0) is 4.74 Å². The summed E-state index contributed by atoms with van der Waals surface area (Å²) in [6, 6.07) is 3.90. The highest BCUT2D eigenvalue weighted by Gasteiger charge is 2.17. The molecule has 0 saturated carbocycles. The fourth-order valence-corrected chi connectivity index (χ4v) is 3.44. The molecule has 3 heterocycles. The van der Waals surface area contributed by atoms with E-state index < -0.39 is 0 Å². The van der Waals surface area contributed by atoms with E-state index in [2.05, 4.69) is 20.4 Å². The number of hydrogen-bond donors (Lipinski definition) is 1. The van der Waals surface area contributed by atoms with Crippen LogP contribution in [0.2, 0.25) is 5.28 Å². The molecule has 0 amide bonds. The minimum atomic E-state index is -0.00719. The second-order valence-corrected chi connectivity index (χ2v) is 6.90. The summed E-state index contributed by atoms with van der Waals surface area (Å²) in [5.41, 5.74) is 2.59. The van der Waals surface area contributed by atoms with E-state index in [1.807, 2.05) is 36.9 Å². The molecule has 1 fully saturated rings. The van der Waals surface area contributed by atoms with Crippen LogP contribution in [0, 0.1) is 6.92 Å². The number of aryl methyl sites for hydroxylation is 1. The van der Waals surface area contributed by atoms with Crippen molar-refractivity contribution in [1.29, 1.82) is 0 Å². The van der Waals surface area contributed by atoms with Gasteiger partial charge in [-0.1, -0.05) is 0 Å². The Balaban J connectivity index is 1.66. The highest BCUT2D eigenvalue weighted by atomic mass is 35.5. The zero-order valence-corrected chi connectivity index (χ0v) is 16.2. The molecule has 1 aromatic carbocycles. The Bertz CT molecular complexity index is 953. The Morgan fingerprint density at radius 2 is 2.22 bits per heavy atom. The molecule has 4 rings (SSSR count). The highest BCUT2D eigenvalue weighted by Crippen LogP contribution is 2.31. The molecule has 1 unspecified atom stereocenters. The van der Waals surface area contributed by atoms with E-state index in [4.69, 9.17) is 21.1 Å². The highest BCUT2D eigenvalue weighted by molar-refractivity contribution is 6.28. The molecule has 1 aliphatic rings. The van der Waals surface area contributed by atoms with Crippen LogP contribution in [0.4, 0.5) is 11.5 Å². The van der Waals surface area contributed by atoms with E-state index in [1.165, 1.54) is 0 Å². The fraction of sp³-hybridized carbons (Fsp3) is 0.421. The van der Waals surface area contributed by atoms with Gasteiger partial charge in [-0.15, -0.1) is 0 Å². The topological polar surface area (TPSA) is 74.1 Å². The van der Waals surface area contributed by atoms with Crippen LogP contribution in [0.15, 0.2) is 24.5 Å². The summed E-state index contributed by atoms with van der Waals surface area (Å²) in [6.07, 6.45) is 6.91. The number of rotatable bonds is 5. The van der Waals surface area contributed by atoms with Gasteiger partial charge in [0.15, 0.2) is 0 Å². The summed E-state index contributed by atoms with van der Waals surface area (Å²) in [7, 11) is 0. The number of nitrogens with zero attached hydrogens (tertiary/aromatic N) is 4. The molecule has 2 aromatic heterocycles. The number of benzene rings is 1. The lowest BCUT2D eigenvalue weighted by Gasteiger charge is -2.22. The monoisotopic (exact) mass is 387 g/mol. The summed E-state index contributed by atoms with van der Waals surface area (Å²) >= 11 is 6.14. The standard InChI is InChI=1S/C19H22ClN5O2/c1-3-26-16-9-14-15(8-12(16)2)23-19(20)24-18(14)22-13-10-21-25(11-13)17-6-4-5-7-27-17/h8-11,17H,3-7H2,1-2H3,(H,22,23,24). The van der Waals surface area contributed by atoms with Crippen molar-refractivity contribution >= 4 is 34.0 Å². The van der Waals surface area contributed by atoms with Gasteiger partial charge >= 0.3 is 0 Å². The molecule has 0 radical (unpaired) electrons. The summed E-state index contributed by atoms with van der Waals surface area (Å²) < 4.78 is 13.3. The Hall–Kier alpha value is -2.38. The summed E-state index contributed by atoms with van der Waals surface area (Å²) in [5.74, 6) is 1.43. The van der Waals surface area contributed by atoms with Crippen molar-refractivity contribution in [3.63, 3.8) is 0 Å². The van der Waals surface area contributed by atoms with E-state index in [0.29, 0.717) is 12.4 Å². The third kappa shape index (κ3) is 3.84. The molecule has 8 heteroatoms. The Morgan fingerprint density at radius 1 is 1.33 bits per heavy atom. The van der Waals surface area contributed by atoms with Crippen LogP contribution in [0.3, 0.4) is 0 Å². The van der Waals surface area contributed by atoms with Crippen molar-refractivity contribution in [1.82, 2.24) is 19.7 Å². The number of fused-ring (bicyclic) bond motifs is 1. The maximum atomic E-state index is 6.14. The number of hydrogen-bond acceptors (Lipinski definition) is 6. The molecular weight excluding hydrogens is 366 g/mol. The molecule has 1 saturated heterocycles. The number of aromatic nitrogens is 4. The quantitative estimate of drug-likeness (QED) is 0.643. The van der Waals surface area contributed by atoms with Gasteiger partial charge in [0.25, 0.3) is 0 Å². The molecule has 1 atom stereocenters. The maximum absolute atomic E-state index is 6.14. The van der Waals surface area contributed by atoms with E-state index >= 15 is 0 Å². The zero-order chi connectivity index (χ0) is 18.8. The minimum Gasteiger partial charge on any atom is -0.494 e. The number of anilines is 2. The second-order valence-electron chi connectivity index (χ2n) is 6.56. The van der Waals surface area contributed by atoms with Gasteiger partial charge in [0.2, 0.25) is 5.28 Å². The lowest BCUT2D eigenvalue weighted by atomic mass is 10.1. The molecule has 1 aliphatic heterocycles. The van der Waals surface area contributed by atoms with Crippen molar-refractivity contribution in [2.24, 2.45) is 0 Å². The molecule has 0 bridgehead atoms. The molecule has 27 heavy (non-hydrogen) atoms. The van der Waals surface area contributed by atoms with Crippen molar-refractivity contribution in [3.05, 3.63) is 35.4 Å². The van der Waals surface area contributed by atoms with Crippen LogP contribution in [0.5, 0.6) is 5.75 Å². The summed E-state index contributed by atoms with van der Waals surface area (Å²) in [6.45, 7) is 5.32. The third-order valence-corrected chi connectivity index (χ3v) is 4.75. The van der Waals surface area contributed by atoms with E-state index in [9.17, 15) is 0 Å². The third-order valence-electron chi connectivity index (χ3n) is 4.58. The first kappa shape index (κ1) is 18.0. The van der Waals surface area contributed by atoms with Crippen molar-refractivity contribution < 1.29 is 9.47 Å². The predicted octanol–water partition coefficient (Wildman–Crippen LogP) is 4.63. The normalized spacial score (nSPS) is 17.2. The van der Waals surface area contributed by atoms with Gasteiger partial charge in [-0.3, -0.25) is 0 Å². The molecule has 0 aliphatic carbocycles. The van der Waals surface area contributed by atoms with Crippen LogP contribution < -0.4 is 10.1 Å². The first-order valence-corrected chi connectivity index (χ1v) is 9.55. The number of halogens is 1. The van der Waals surface area contributed by atoms with Crippen LogP contribution >= 0.6 is 11.6 Å². The van der Waals surface area contributed by atoms with E-state index in [1.54, 1.807) is 6.20 Å². The lowest BCUT2D eigenvalue weighted by Crippen LogP contribution is -2.18. The molecule has 3 aromatic rings. The average molecular weight is 388 g/mol. The van der Waals surface area contributed by atoms with Crippen molar-refractivity contribution in [3.8, 4) is 5.75 Å². The number of nitrogens with one attached hydrogen (secondary N) is 1. The largest absolute Gasteiger partial charge is 0.494 e. The predicted molar refractivity (Wildman–Crippen MR) is 105 cm³/mol. The Morgan fingerprint density at radius 3 is 3.00 bits per heavy atom. The summed E-state index contributed by atoms with van der Waals surface area (Å²) in [5, 5.41) is 8.77. The van der Waals surface area contributed by atoms with Crippen molar-refractivity contribution in [2.75, 3.05) is 18.5 Å². The molecule has 142 valence electrons. The van der Waals surface area contributed by atoms with Gasteiger partial charge in [-0.25, -0.2) is 9.67 Å². The smallest absolute Gasteiger partial charge is 0.224 e. The van der Waals surface area contributed by atoms with Gasteiger partial charge in [-0.05, 0) is 62.4 Å². The van der Waals surface area contributed by atoms with Gasteiger partial charge in [-0.2, -0.15) is 10.1 Å². The van der Waals surface area contributed by atoms with Gasteiger partial charge in [0.05, 0.1) is 30.2 Å². The summed E-state index contributed by atoms with van der Waals surface area (Å²) in [4.78, 5) is 8.71. The first-order chi connectivity index (χ1) is 13.1. The lowest BCUT2D eigenvalue weighted by molar-refractivity contribution is -0.0394.